The summed E-state index contributed by atoms with van der Waals surface area (Å²) >= 11 is 6.26. The van der Waals surface area contributed by atoms with E-state index in [1.54, 1.807) is 24.3 Å². The molecule has 0 atom stereocenters. The zero-order chi connectivity index (χ0) is 21.4. The molecule has 10 nitrogen and oxygen atoms in total. The molecule has 0 bridgehead atoms. The average molecular weight is 436 g/mol. The van der Waals surface area contributed by atoms with Gasteiger partial charge in [-0.15, -0.1) is 0 Å². The lowest BCUT2D eigenvalue weighted by Crippen LogP contribution is -2.37. The first kappa shape index (κ1) is 22.1. The summed E-state index contributed by atoms with van der Waals surface area (Å²) in [5, 5.41) is 14.7. The van der Waals surface area contributed by atoms with Gasteiger partial charge in [-0.1, -0.05) is 23.5 Å². The standard InChI is InChI=1S/C17H21N7O3S2/c1-9-15(29-17(19-9)24-21-10(2)25)12(22-23-16(28)20-18)6-4-11-5-7-13(26)14(8-11)27-3/h4-8,26H,18H2,1-3H3,(H,19,24)(H,21,25)(H2,20,23,28)/b6-4-,22-12+. The third-order valence-corrected chi connectivity index (χ3v) is 4.73. The molecule has 1 heterocycles. The third-order valence-electron chi connectivity index (χ3n) is 3.42. The van der Waals surface area contributed by atoms with Crippen LogP contribution in [0.2, 0.25) is 0 Å². The number of thiocarbonyl (C=S) groups is 1. The van der Waals surface area contributed by atoms with E-state index < -0.39 is 0 Å². The van der Waals surface area contributed by atoms with E-state index in [0.717, 1.165) is 10.4 Å². The van der Waals surface area contributed by atoms with Crippen molar-refractivity contribution in [1.82, 2.24) is 21.3 Å². The third kappa shape index (κ3) is 6.41. The monoisotopic (exact) mass is 435 g/mol. The van der Waals surface area contributed by atoms with Crippen LogP contribution in [-0.2, 0) is 4.79 Å². The Morgan fingerprint density at radius 2 is 2.21 bits per heavy atom. The summed E-state index contributed by atoms with van der Waals surface area (Å²) in [4.78, 5) is 16.2. The maximum atomic E-state index is 11.1. The number of aryl methyl sites for hydroxylation is 1. The number of hydrazine groups is 2. The van der Waals surface area contributed by atoms with E-state index in [1.807, 2.05) is 6.92 Å². The van der Waals surface area contributed by atoms with Crippen molar-refractivity contribution < 1.29 is 14.6 Å². The molecule has 1 amide bonds. The highest BCUT2D eigenvalue weighted by Crippen LogP contribution is 2.27. The smallest absolute Gasteiger partial charge is 0.235 e. The highest BCUT2D eigenvalue weighted by Gasteiger charge is 2.13. The van der Waals surface area contributed by atoms with Crippen molar-refractivity contribution in [3.05, 3.63) is 40.4 Å². The topological polar surface area (TPSA) is 146 Å². The number of anilines is 1. The van der Waals surface area contributed by atoms with E-state index in [0.29, 0.717) is 22.3 Å². The van der Waals surface area contributed by atoms with E-state index in [-0.39, 0.29) is 16.8 Å². The normalized spacial score (nSPS) is 11.2. The van der Waals surface area contributed by atoms with E-state index >= 15 is 0 Å². The average Bonchev–Trinajstić information content (AvgIpc) is 3.07. The number of nitrogens with zero attached hydrogens (tertiary/aromatic N) is 2. The lowest BCUT2D eigenvalue weighted by molar-refractivity contribution is -0.118. The molecule has 2 aromatic rings. The quantitative estimate of drug-likeness (QED) is 0.164. The molecule has 2 rings (SSSR count). The first-order chi connectivity index (χ1) is 13.8. The van der Waals surface area contributed by atoms with Gasteiger partial charge in [-0.05, 0) is 42.9 Å². The lowest BCUT2D eigenvalue weighted by atomic mass is 10.1. The molecule has 0 saturated heterocycles. The van der Waals surface area contributed by atoms with E-state index in [9.17, 15) is 9.90 Å². The lowest BCUT2D eigenvalue weighted by Gasteiger charge is -2.05. The van der Waals surface area contributed by atoms with Crippen molar-refractivity contribution in [3.63, 3.8) is 0 Å². The van der Waals surface area contributed by atoms with Crippen LogP contribution in [0.1, 0.15) is 23.1 Å². The fourth-order valence-electron chi connectivity index (χ4n) is 2.11. The fraction of sp³-hybridized carbons (Fsp3) is 0.176. The van der Waals surface area contributed by atoms with Crippen LogP contribution >= 0.6 is 23.6 Å². The number of nitrogens with two attached hydrogens (primary N) is 1. The Kier molecular flexibility index (Phi) is 7.88. The summed E-state index contributed by atoms with van der Waals surface area (Å²) < 4.78 is 5.12. The van der Waals surface area contributed by atoms with Crippen molar-refractivity contribution in [2.24, 2.45) is 10.9 Å². The Morgan fingerprint density at radius 1 is 1.45 bits per heavy atom. The minimum Gasteiger partial charge on any atom is -0.504 e. The van der Waals surface area contributed by atoms with Crippen molar-refractivity contribution in [2.75, 3.05) is 12.5 Å². The first-order valence-corrected chi connectivity index (χ1v) is 9.46. The number of allylic oxidation sites excluding steroid dienone is 1. The van der Waals surface area contributed by atoms with Crippen LogP contribution in [-0.4, -0.2) is 33.9 Å². The van der Waals surface area contributed by atoms with Gasteiger partial charge in [0.2, 0.25) is 16.2 Å². The molecule has 1 aromatic heterocycles. The summed E-state index contributed by atoms with van der Waals surface area (Å²) in [6.45, 7) is 3.21. The molecule has 0 saturated carbocycles. The number of methoxy groups -OCH3 is 1. The number of thiazole rings is 1. The van der Waals surface area contributed by atoms with Gasteiger partial charge in [-0.25, -0.2) is 10.8 Å². The van der Waals surface area contributed by atoms with Crippen LogP contribution in [0.15, 0.2) is 29.4 Å². The van der Waals surface area contributed by atoms with Gasteiger partial charge in [0.05, 0.1) is 17.7 Å². The number of aromatic nitrogens is 1. The maximum Gasteiger partial charge on any atom is 0.235 e. The number of amides is 1. The first-order valence-electron chi connectivity index (χ1n) is 8.23. The number of carbonyl (C=O) groups excluding carboxylic acids is 1. The SMILES string of the molecule is COc1cc(/C=C\C(=N/NC(=S)NN)c2sc(NNC(C)=O)nc2C)ccc1O. The molecule has 29 heavy (non-hydrogen) atoms. The number of phenols is 1. The molecule has 1 aromatic carbocycles. The molecular weight excluding hydrogens is 414 g/mol. The molecule has 0 aliphatic carbocycles. The second-order valence-electron chi connectivity index (χ2n) is 5.59. The van der Waals surface area contributed by atoms with Crippen LogP contribution in [0.3, 0.4) is 0 Å². The predicted octanol–water partition coefficient (Wildman–Crippen LogP) is 1.38. The summed E-state index contributed by atoms with van der Waals surface area (Å²) in [5.74, 6) is 5.43. The van der Waals surface area contributed by atoms with Crippen molar-refractivity contribution in [1.29, 1.82) is 0 Å². The number of phenolic OH excluding ortho intramolecular Hbond substituents is 1. The molecule has 0 aliphatic heterocycles. The highest BCUT2D eigenvalue weighted by atomic mass is 32.1. The second kappa shape index (κ2) is 10.4. The number of ether oxygens (including phenoxy) is 1. The molecule has 0 fully saturated rings. The van der Waals surface area contributed by atoms with Crippen LogP contribution in [0, 0.1) is 6.92 Å². The molecule has 12 heteroatoms. The molecule has 0 spiro atoms. The Labute approximate surface area is 176 Å². The van der Waals surface area contributed by atoms with Gasteiger partial charge >= 0.3 is 0 Å². The Bertz CT molecular complexity index is 956. The van der Waals surface area contributed by atoms with Crippen LogP contribution < -0.4 is 32.3 Å². The van der Waals surface area contributed by atoms with Gasteiger partial charge in [0.15, 0.2) is 11.5 Å². The minimum atomic E-state index is -0.240. The minimum absolute atomic E-state index is 0.0477. The number of rotatable bonds is 7. The fourth-order valence-corrected chi connectivity index (χ4v) is 3.04. The highest BCUT2D eigenvalue weighted by molar-refractivity contribution is 7.80. The largest absolute Gasteiger partial charge is 0.504 e. The number of aromatic hydroxyl groups is 1. The van der Waals surface area contributed by atoms with Gasteiger partial charge in [-0.3, -0.25) is 26.5 Å². The number of hydrazone groups is 1. The van der Waals surface area contributed by atoms with Crippen molar-refractivity contribution in [2.45, 2.75) is 13.8 Å². The van der Waals surface area contributed by atoms with Crippen molar-refractivity contribution >= 4 is 51.5 Å². The number of benzene rings is 1. The Balaban J connectivity index is 2.35. The van der Waals surface area contributed by atoms with Gasteiger partial charge in [0, 0.05) is 6.92 Å². The van der Waals surface area contributed by atoms with E-state index in [4.69, 9.17) is 22.8 Å². The molecule has 0 unspecified atom stereocenters. The van der Waals surface area contributed by atoms with Crippen molar-refractivity contribution in [3.8, 4) is 11.5 Å². The van der Waals surface area contributed by atoms with Crippen LogP contribution in [0.4, 0.5) is 5.13 Å². The molecule has 7 N–H and O–H groups in total. The zero-order valence-corrected chi connectivity index (χ0v) is 17.6. The maximum absolute atomic E-state index is 11.1. The summed E-state index contributed by atoms with van der Waals surface area (Å²) in [7, 11) is 1.48. The van der Waals surface area contributed by atoms with Gasteiger partial charge in [0.25, 0.3) is 0 Å². The molecular formula is C17H21N7O3S2. The summed E-state index contributed by atoms with van der Waals surface area (Å²) in [6.07, 6.45) is 3.54. The van der Waals surface area contributed by atoms with E-state index in [2.05, 4.69) is 31.8 Å². The van der Waals surface area contributed by atoms with Crippen LogP contribution in [0.25, 0.3) is 6.08 Å². The van der Waals surface area contributed by atoms with E-state index in [1.165, 1.54) is 31.4 Å². The second-order valence-corrected chi connectivity index (χ2v) is 6.99. The molecule has 0 aliphatic rings. The Morgan fingerprint density at radius 3 is 2.86 bits per heavy atom. The number of hydrogen-bond acceptors (Lipinski definition) is 9. The van der Waals surface area contributed by atoms with Gasteiger partial charge in [0.1, 0.15) is 5.71 Å². The summed E-state index contributed by atoms with van der Waals surface area (Å²) in [6, 6.07) is 4.95. The van der Waals surface area contributed by atoms with Gasteiger partial charge < -0.3 is 9.84 Å². The zero-order valence-electron chi connectivity index (χ0n) is 15.9. The molecule has 154 valence electrons. The van der Waals surface area contributed by atoms with Gasteiger partial charge in [-0.2, -0.15) is 5.10 Å². The van der Waals surface area contributed by atoms with Crippen LogP contribution in [0.5, 0.6) is 11.5 Å². The Hall–Kier alpha value is -3.22. The summed E-state index contributed by atoms with van der Waals surface area (Å²) in [5.41, 5.74) is 12.2. The predicted molar refractivity (Wildman–Crippen MR) is 118 cm³/mol. The number of nitrogens with one attached hydrogen (secondary N) is 4. The molecule has 0 radical (unpaired) electrons. The number of carbonyl (C=O) groups is 1. The number of hydrogen-bond donors (Lipinski definition) is 6.